The largest absolute Gasteiger partial charge is 0.508 e. The number of aryl methyl sites for hydroxylation is 1. The smallest absolute Gasteiger partial charge is 0.335 e. The highest BCUT2D eigenvalue weighted by molar-refractivity contribution is 5.88. The fourth-order valence-corrected chi connectivity index (χ4v) is 2.65. The van der Waals surface area contributed by atoms with E-state index in [2.05, 4.69) is 10.2 Å². The van der Waals surface area contributed by atoms with E-state index < -0.39 is 5.97 Å². The normalized spacial score (nSPS) is 20.7. The minimum absolute atomic E-state index is 0.222. The number of nitrogens with one attached hydrogen (secondary N) is 1. The molecule has 0 radical (unpaired) electrons. The van der Waals surface area contributed by atoms with Gasteiger partial charge in [0.2, 0.25) is 0 Å². The van der Waals surface area contributed by atoms with Crippen LogP contribution in [0.2, 0.25) is 0 Å². The lowest BCUT2D eigenvalue weighted by molar-refractivity contribution is 0.0697. The summed E-state index contributed by atoms with van der Waals surface area (Å²) < 4.78 is 0. The highest BCUT2D eigenvalue weighted by Gasteiger charge is 2.13. The second-order valence-corrected chi connectivity index (χ2v) is 5.59. The zero-order chi connectivity index (χ0) is 17.4. The first kappa shape index (κ1) is 17.7. The van der Waals surface area contributed by atoms with Gasteiger partial charge in [-0.25, -0.2) is 4.79 Å². The Hall–Kier alpha value is -2.69. The molecule has 0 aromatic heterocycles. The second-order valence-electron chi connectivity index (χ2n) is 5.59. The molecule has 0 saturated heterocycles. The van der Waals surface area contributed by atoms with Gasteiger partial charge in [-0.2, -0.15) is 0 Å². The lowest BCUT2D eigenvalue weighted by atomic mass is 10.0. The van der Waals surface area contributed by atoms with Gasteiger partial charge < -0.3 is 20.4 Å². The van der Waals surface area contributed by atoms with Gasteiger partial charge in [0.25, 0.3) is 0 Å². The van der Waals surface area contributed by atoms with Gasteiger partial charge in [-0.3, -0.25) is 0 Å². The zero-order valence-corrected chi connectivity index (χ0v) is 13.9. The molecule has 1 aromatic carbocycles. The maximum atomic E-state index is 11.2. The lowest BCUT2D eigenvalue weighted by Gasteiger charge is -2.27. The number of carboxylic acid groups (broad SMARTS) is 1. The Balaban J connectivity index is 2.23. The van der Waals surface area contributed by atoms with E-state index in [9.17, 15) is 15.0 Å². The number of carbonyl (C=O) groups is 1. The van der Waals surface area contributed by atoms with E-state index in [4.69, 9.17) is 0 Å². The predicted molar refractivity (Wildman–Crippen MR) is 96.6 cm³/mol. The summed E-state index contributed by atoms with van der Waals surface area (Å²) in [5, 5.41) is 22.0. The molecule has 0 bridgehead atoms. The number of aliphatic hydroxyl groups excluding tert-OH is 1. The van der Waals surface area contributed by atoms with E-state index >= 15 is 0 Å². The summed E-state index contributed by atoms with van der Waals surface area (Å²) in [6.45, 7) is 4.41. The van der Waals surface area contributed by atoms with Crippen molar-refractivity contribution >= 4 is 11.7 Å². The van der Waals surface area contributed by atoms with Crippen LogP contribution in [0.3, 0.4) is 0 Å². The third-order valence-corrected chi connectivity index (χ3v) is 3.91. The quantitative estimate of drug-likeness (QED) is 0.794. The molecular formula is C19H24N2O3. The molecule has 0 saturated carbocycles. The van der Waals surface area contributed by atoms with Crippen molar-refractivity contribution < 1.29 is 15.0 Å². The van der Waals surface area contributed by atoms with E-state index in [1.165, 1.54) is 0 Å². The summed E-state index contributed by atoms with van der Waals surface area (Å²) >= 11 is 0. The number of rotatable bonds is 3. The summed E-state index contributed by atoms with van der Waals surface area (Å²) in [7, 11) is 0. The minimum atomic E-state index is -0.901. The maximum Gasteiger partial charge on any atom is 0.335 e. The van der Waals surface area contributed by atoms with Crippen LogP contribution in [-0.2, 0) is 6.42 Å². The molecule has 128 valence electrons. The minimum Gasteiger partial charge on any atom is -0.508 e. The topological polar surface area (TPSA) is 72.8 Å². The van der Waals surface area contributed by atoms with Crippen molar-refractivity contribution in [1.82, 2.24) is 5.32 Å². The number of aliphatic hydroxyl groups is 1. The molecular weight excluding hydrogens is 304 g/mol. The first-order chi connectivity index (χ1) is 11.6. The standard InChI is InChI=1S/C19H24N2O3/c1-2-15-14-16(19(23)24)8-9-18(15)21-12-4-3-6-17(22)7-5-10-20-11-13-21/h3,5-10,14,20,22H,2,4,11-13H2,1H3,(H,23,24)/b6-3-,10-5+,17-7+. The number of aromatic carboxylic acids is 1. The van der Waals surface area contributed by atoms with Gasteiger partial charge in [0.05, 0.1) is 5.56 Å². The molecule has 1 aliphatic rings. The Bertz CT molecular complexity index is 663. The number of allylic oxidation sites excluding steroid dienone is 3. The van der Waals surface area contributed by atoms with Crippen LogP contribution in [0.1, 0.15) is 29.3 Å². The highest BCUT2D eigenvalue weighted by Crippen LogP contribution is 2.23. The van der Waals surface area contributed by atoms with Crippen LogP contribution in [0.15, 0.2) is 54.5 Å². The Kier molecular flexibility index (Phi) is 6.49. The molecule has 5 heteroatoms. The summed E-state index contributed by atoms with van der Waals surface area (Å²) in [5.74, 6) is -0.679. The van der Waals surface area contributed by atoms with E-state index in [1.807, 2.05) is 19.1 Å². The zero-order valence-electron chi connectivity index (χ0n) is 13.9. The molecule has 0 fully saturated rings. The average molecular weight is 328 g/mol. The van der Waals surface area contributed by atoms with Gasteiger partial charge in [-0.1, -0.05) is 13.0 Å². The molecule has 2 rings (SSSR count). The van der Waals surface area contributed by atoms with Gasteiger partial charge in [0.1, 0.15) is 5.76 Å². The van der Waals surface area contributed by atoms with E-state index in [0.29, 0.717) is 5.56 Å². The van der Waals surface area contributed by atoms with Crippen LogP contribution in [0.25, 0.3) is 0 Å². The van der Waals surface area contributed by atoms with E-state index in [0.717, 1.165) is 43.7 Å². The molecule has 5 nitrogen and oxygen atoms in total. The SMILES string of the molecule is CCc1cc(C(=O)O)ccc1N1CC\C=C/C(O)=C\C=C\NCC1. The second kappa shape index (κ2) is 8.82. The van der Waals surface area contributed by atoms with Crippen LogP contribution in [0, 0.1) is 0 Å². The fourth-order valence-electron chi connectivity index (χ4n) is 2.65. The van der Waals surface area contributed by atoms with Gasteiger partial charge >= 0.3 is 5.97 Å². The average Bonchev–Trinajstić information content (AvgIpc) is 2.57. The molecule has 3 N–H and O–H groups in total. The van der Waals surface area contributed by atoms with Crippen LogP contribution in [0.4, 0.5) is 5.69 Å². The first-order valence-corrected chi connectivity index (χ1v) is 8.18. The summed E-state index contributed by atoms with van der Waals surface area (Å²) in [5.41, 5.74) is 2.42. The molecule has 0 spiro atoms. The molecule has 1 heterocycles. The molecule has 1 aliphatic heterocycles. The van der Waals surface area contributed by atoms with Gasteiger partial charge in [-0.15, -0.1) is 0 Å². The number of carboxylic acids is 1. The monoisotopic (exact) mass is 328 g/mol. The molecule has 0 aliphatic carbocycles. The van der Waals surface area contributed by atoms with Crippen molar-refractivity contribution in [2.75, 3.05) is 24.5 Å². The van der Waals surface area contributed by atoms with Gasteiger partial charge in [-0.05, 0) is 61.0 Å². The van der Waals surface area contributed by atoms with Gasteiger partial charge in [0.15, 0.2) is 0 Å². The molecule has 1 aromatic rings. The van der Waals surface area contributed by atoms with Crippen LogP contribution in [0.5, 0.6) is 0 Å². The van der Waals surface area contributed by atoms with Crippen LogP contribution < -0.4 is 10.2 Å². The Morgan fingerprint density at radius 3 is 2.92 bits per heavy atom. The van der Waals surface area contributed by atoms with Crippen molar-refractivity contribution in [2.45, 2.75) is 19.8 Å². The van der Waals surface area contributed by atoms with Crippen molar-refractivity contribution in [1.29, 1.82) is 0 Å². The maximum absolute atomic E-state index is 11.2. The summed E-state index contributed by atoms with van der Waals surface area (Å²) in [6.07, 6.45) is 10.4. The molecule has 0 atom stereocenters. The summed E-state index contributed by atoms with van der Waals surface area (Å²) in [4.78, 5) is 13.4. The van der Waals surface area contributed by atoms with Crippen LogP contribution in [-0.4, -0.2) is 35.8 Å². The molecule has 0 amide bonds. The number of benzene rings is 1. The lowest BCUT2D eigenvalue weighted by Crippen LogP contribution is -2.32. The number of hydrogen-bond donors (Lipinski definition) is 3. The first-order valence-electron chi connectivity index (χ1n) is 8.18. The third-order valence-electron chi connectivity index (χ3n) is 3.91. The van der Waals surface area contributed by atoms with Crippen molar-refractivity contribution in [2.24, 2.45) is 0 Å². The van der Waals surface area contributed by atoms with Crippen molar-refractivity contribution in [3.63, 3.8) is 0 Å². The van der Waals surface area contributed by atoms with E-state index in [-0.39, 0.29) is 5.76 Å². The van der Waals surface area contributed by atoms with Crippen molar-refractivity contribution in [3.05, 3.63) is 65.6 Å². The van der Waals surface area contributed by atoms with Gasteiger partial charge in [0, 0.05) is 25.3 Å². The van der Waals surface area contributed by atoms with E-state index in [1.54, 1.807) is 36.6 Å². The number of anilines is 1. The third kappa shape index (κ3) is 4.91. The number of hydrogen-bond acceptors (Lipinski definition) is 4. The molecule has 0 unspecified atom stereocenters. The summed E-state index contributed by atoms with van der Waals surface area (Å²) in [6, 6.07) is 5.31. The van der Waals surface area contributed by atoms with Crippen LogP contribution >= 0.6 is 0 Å². The Morgan fingerprint density at radius 2 is 2.17 bits per heavy atom. The Morgan fingerprint density at radius 1 is 1.33 bits per heavy atom. The number of nitrogens with zero attached hydrogens (tertiary/aromatic N) is 1. The highest BCUT2D eigenvalue weighted by atomic mass is 16.4. The predicted octanol–water partition coefficient (Wildman–Crippen LogP) is 3.26. The molecule has 24 heavy (non-hydrogen) atoms. The van der Waals surface area contributed by atoms with Crippen molar-refractivity contribution in [3.8, 4) is 0 Å². The Labute approximate surface area is 142 Å². The fraction of sp³-hybridized carbons (Fsp3) is 0.316.